The van der Waals surface area contributed by atoms with Crippen LogP contribution in [-0.2, 0) is 17.7 Å². The molecule has 2 bridgehead atoms. The second kappa shape index (κ2) is 6.40. The van der Waals surface area contributed by atoms with Crippen molar-refractivity contribution >= 4 is 5.97 Å². The van der Waals surface area contributed by atoms with Gasteiger partial charge in [-0.2, -0.15) is 0 Å². The fourth-order valence-corrected chi connectivity index (χ4v) is 4.38. The molecule has 1 saturated heterocycles. The zero-order valence-electron chi connectivity index (χ0n) is 14.1. The number of carbonyl (C=O) groups excluding carboxylic acids is 1. The van der Waals surface area contributed by atoms with E-state index in [0.29, 0.717) is 17.4 Å². The third kappa shape index (κ3) is 2.96. The summed E-state index contributed by atoms with van der Waals surface area (Å²) in [4.78, 5) is 14.4. The molecule has 1 fully saturated rings. The summed E-state index contributed by atoms with van der Waals surface area (Å²) >= 11 is 0. The Balaban J connectivity index is 1.54. The Bertz CT molecular complexity index is 741. The van der Waals surface area contributed by atoms with Gasteiger partial charge in [-0.15, -0.1) is 0 Å². The van der Waals surface area contributed by atoms with E-state index in [2.05, 4.69) is 41.3 Å². The van der Waals surface area contributed by atoms with Crippen molar-refractivity contribution in [3.8, 4) is 0 Å². The lowest BCUT2D eigenvalue weighted by molar-refractivity contribution is 0.0600. The van der Waals surface area contributed by atoms with Gasteiger partial charge >= 0.3 is 5.97 Å². The van der Waals surface area contributed by atoms with E-state index < -0.39 is 0 Å². The van der Waals surface area contributed by atoms with Crippen LogP contribution >= 0.6 is 0 Å². The highest BCUT2D eigenvalue weighted by Gasteiger charge is 2.34. The lowest BCUT2D eigenvalue weighted by Gasteiger charge is -2.42. The molecule has 1 aliphatic carbocycles. The maximum atomic E-state index is 11.8. The number of likely N-dealkylation sites (tertiary alicyclic amines) is 1. The van der Waals surface area contributed by atoms with Crippen LogP contribution in [0.4, 0.5) is 0 Å². The molecule has 2 aromatic carbocycles. The Morgan fingerprint density at radius 3 is 2.79 bits per heavy atom. The Kier molecular flexibility index (Phi) is 4.11. The second-order valence-electron chi connectivity index (χ2n) is 7.09. The minimum atomic E-state index is -0.237. The molecule has 3 heteroatoms. The molecule has 0 aromatic heterocycles. The van der Waals surface area contributed by atoms with Crippen LogP contribution in [0.3, 0.4) is 0 Å². The van der Waals surface area contributed by atoms with Gasteiger partial charge in [-0.25, -0.2) is 4.79 Å². The van der Waals surface area contributed by atoms with Crippen molar-refractivity contribution in [2.45, 2.75) is 25.3 Å². The standard InChI is InChI=1S/C21H23NO2/c1-24-21(23)17-7-8-20-18(11-17)9-16-10-19(20)14-22(13-16)12-15-5-3-2-4-6-15/h2-8,11,16,19H,9-10,12-14H2,1H3. The quantitative estimate of drug-likeness (QED) is 0.809. The summed E-state index contributed by atoms with van der Waals surface area (Å²) in [6.07, 6.45) is 2.35. The predicted molar refractivity (Wildman–Crippen MR) is 94.1 cm³/mol. The van der Waals surface area contributed by atoms with Crippen LogP contribution in [0.2, 0.25) is 0 Å². The molecule has 2 aromatic rings. The number of carbonyl (C=O) groups is 1. The minimum Gasteiger partial charge on any atom is -0.465 e. The molecule has 0 radical (unpaired) electrons. The minimum absolute atomic E-state index is 0.237. The van der Waals surface area contributed by atoms with E-state index >= 15 is 0 Å². The first kappa shape index (κ1) is 15.4. The molecule has 2 unspecified atom stereocenters. The molecule has 1 heterocycles. The molecule has 24 heavy (non-hydrogen) atoms. The Morgan fingerprint density at radius 1 is 1.17 bits per heavy atom. The topological polar surface area (TPSA) is 29.5 Å². The van der Waals surface area contributed by atoms with Crippen LogP contribution in [0.15, 0.2) is 48.5 Å². The summed E-state index contributed by atoms with van der Waals surface area (Å²) < 4.78 is 4.86. The molecular formula is C21H23NO2. The highest BCUT2D eigenvalue weighted by molar-refractivity contribution is 5.89. The Labute approximate surface area is 143 Å². The van der Waals surface area contributed by atoms with Gasteiger partial charge in [0, 0.05) is 19.6 Å². The maximum absolute atomic E-state index is 11.8. The van der Waals surface area contributed by atoms with E-state index in [1.54, 1.807) is 0 Å². The number of hydrogen-bond acceptors (Lipinski definition) is 3. The third-order valence-corrected chi connectivity index (χ3v) is 5.37. The van der Waals surface area contributed by atoms with Crippen LogP contribution in [0.25, 0.3) is 0 Å². The first-order chi connectivity index (χ1) is 11.7. The average molecular weight is 321 g/mol. The van der Waals surface area contributed by atoms with E-state index in [-0.39, 0.29) is 5.97 Å². The van der Waals surface area contributed by atoms with Gasteiger partial charge in [-0.3, -0.25) is 4.90 Å². The van der Waals surface area contributed by atoms with Crippen LogP contribution in [0.5, 0.6) is 0 Å². The summed E-state index contributed by atoms with van der Waals surface area (Å²) in [5, 5.41) is 0. The summed E-state index contributed by atoms with van der Waals surface area (Å²) in [5.74, 6) is 1.04. The van der Waals surface area contributed by atoms with Crippen molar-refractivity contribution < 1.29 is 9.53 Å². The van der Waals surface area contributed by atoms with E-state index in [4.69, 9.17) is 4.74 Å². The number of esters is 1. The molecule has 0 spiro atoms. The number of piperidine rings is 1. The number of ether oxygens (including phenoxy) is 1. The van der Waals surface area contributed by atoms with Crippen LogP contribution in [-0.4, -0.2) is 31.1 Å². The fraction of sp³-hybridized carbons (Fsp3) is 0.381. The molecule has 4 rings (SSSR count). The maximum Gasteiger partial charge on any atom is 0.337 e. The van der Waals surface area contributed by atoms with Crippen molar-refractivity contribution in [3.05, 3.63) is 70.8 Å². The largest absolute Gasteiger partial charge is 0.465 e. The van der Waals surface area contributed by atoms with Crippen molar-refractivity contribution in [1.82, 2.24) is 4.90 Å². The molecular weight excluding hydrogens is 298 g/mol. The van der Waals surface area contributed by atoms with Crippen molar-refractivity contribution in [1.29, 1.82) is 0 Å². The summed E-state index contributed by atoms with van der Waals surface area (Å²) in [5.41, 5.74) is 4.84. The lowest BCUT2D eigenvalue weighted by atomic mass is 9.73. The van der Waals surface area contributed by atoms with Gasteiger partial charge in [0.1, 0.15) is 0 Å². The van der Waals surface area contributed by atoms with Crippen molar-refractivity contribution in [2.75, 3.05) is 20.2 Å². The van der Waals surface area contributed by atoms with Gasteiger partial charge in [0.05, 0.1) is 12.7 Å². The zero-order chi connectivity index (χ0) is 16.5. The van der Waals surface area contributed by atoms with E-state index in [0.717, 1.165) is 26.1 Å². The van der Waals surface area contributed by atoms with Crippen LogP contribution in [0, 0.1) is 5.92 Å². The number of hydrogen-bond donors (Lipinski definition) is 0. The Hall–Kier alpha value is -2.13. The monoisotopic (exact) mass is 321 g/mol. The number of benzene rings is 2. The molecule has 0 amide bonds. The molecule has 0 N–H and O–H groups in total. The first-order valence-electron chi connectivity index (χ1n) is 8.70. The summed E-state index contributed by atoms with van der Waals surface area (Å²) in [6.45, 7) is 3.28. The van der Waals surface area contributed by atoms with Gasteiger partial charge < -0.3 is 4.74 Å². The van der Waals surface area contributed by atoms with Crippen molar-refractivity contribution in [3.63, 3.8) is 0 Å². The number of fused-ring (bicyclic) bond motifs is 4. The highest BCUT2D eigenvalue weighted by Crippen LogP contribution is 2.40. The molecule has 1 aliphatic heterocycles. The van der Waals surface area contributed by atoms with E-state index in [1.807, 2.05) is 12.1 Å². The fourth-order valence-electron chi connectivity index (χ4n) is 4.38. The van der Waals surface area contributed by atoms with E-state index in [9.17, 15) is 4.79 Å². The van der Waals surface area contributed by atoms with Crippen LogP contribution in [0.1, 0.15) is 39.4 Å². The zero-order valence-corrected chi connectivity index (χ0v) is 14.1. The summed E-state index contributed by atoms with van der Waals surface area (Å²) in [7, 11) is 1.44. The van der Waals surface area contributed by atoms with E-state index in [1.165, 1.54) is 30.2 Å². The number of nitrogens with zero attached hydrogens (tertiary/aromatic N) is 1. The van der Waals surface area contributed by atoms with Crippen molar-refractivity contribution in [2.24, 2.45) is 5.92 Å². The van der Waals surface area contributed by atoms with Gasteiger partial charge in [-0.05, 0) is 53.5 Å². The van der Waals surface area contributed by atoms with Gasteiger partial charge in [-0.1, -0.05) is 36.4 Å². The highest BCUT2D eigenvalue weighted by atomic mass is 16.5. The Morgan fingerprint density at radius 2 is 2.00 bits per heavy atom. The number of methoxy groups -OCH3 is 1. The molecule has 2 atom stereocenters. The second-order valence-corrected chi connectivity index (χ2v) is 7.09. The molecule has 124 valence electrons. The van der Waals surface area contributed by atoms with Gasteiger partial charge in [0.25, 0.3) is 0 Å². The molecule has 0 saturated carbocycles. The molecule has 2 aliphatic rings. The normalized spacial score (nSPS) is 22.7. The van der Waals surface area contributed by atoms with Crippen LogP contribution < -0.4 is 0 Å². The third-order valence-electron chi connectivity index (χ3n) is 5.37. The smallest absolute Gasteiger partial charge is 0.337 e. The lowest BCUT2D eigenvalue weighted by Crippen LogP contribution is -2.42. The summed E-state index contributed by atoms with van der Waals surface area (Å²) in [6, 6.07) is 16.8. The van der Waals surface area contributed by atoms with Gasteiger partial charge in [0.15, 0.2) is 0 Å². The molecule has 3 nitrogen and oxygen atoms in total. The first-order valence-corrected chi connectivity index (χ1v) is 8.70. The SMILES string of the molecule is COC(=O)c1ccc2c(c1)CC1CC2CN(Cc2ccccc2)C1. The number of rotatable bonds is 3. The average Bonchev–Trinajstić information content (AvgIpc) is 2.61. The predicted octanol–water partition coefficient (Wildman–Crippen LogP) is 3.64. The van der Waals surface area contributed by atoms with Gasteiger partial charge in [0.2, 0.25) is 0 Å².